The van der Waals surface area contributed by atoms with Gasteiger partial charge in [0.25, 0.3) is 0 Å². The number of nitrogens with two attached hydrogens (primary N) is 1. The van der Waals surface area contributed by atoms with E-state index in [4.69, 9.17) is 5.73 Å². The number of likely N-dealkylation sites (tertiary alicyclic amines) is 2. The van der Waals surface area contributed by atoms with Crippen molar-refractivity contribution in [3.05, 3.63) is 35.4 Å². The molecule has 2 heterocycles. The van der Waals surface area contributed by atoms with Crippen LogP contribution in [0, 0.1) is 12.8 Å². The third-order valence-electron chi connectivity index (χ3n) is 5.40. The van der Waals surface area contributed by atoms with E-state index in [1.165, 1.54) is 11.1 Å². The molecule has 0 spiro atoms. The molecule has 130 valence electrons. The zero-order valence-electron chi connectivity index (χ0n) is 14.4. The highest BCUT2D eigenvalue weighted by Gasteiger charge is 2.35. The van der Waals surface area contributed by atoms with Crippen molar-refractivity contribution in [1.82, 2.24) is 9.80 Å². The lowest BCUT2D eigenvalue weighted by Gasteiger charge is -2.34. The normalized spacial score (nSPS) is 22.7. The minimum atomic E-state index is -0.293. The Labute approximate surface area is 143 Å². The number of carbonyl (C=O) groups excluding carboxylic acids is 2. The summed E-state index contributed by atoms with van der Waals surface area (Å²) < 4.78 is 0. The van der Waals surface area contributed by atoms with Gasteiger partial charge in [-0.25, -0.2) is 0 Å². The lowest BCUT2D eigenvalue weighted by molar-refractivity contribution is -0.138. The summed E-state index contributed by atoms with van der Waals surface area (Å²) in [6, 6.07) is 8.61. The van der Waals surface area contributed by atoms with Crippen LogP contribution in [0.1, 0.15) is 42.9 Å². The molecule has 1 atom stereocenters. The van der Waals surface area contributed by atoms with Crippen molar-refractivity contribution in [2.45, 2.75) is 38.6 Å². The maximum absolute atomic E-state index is 13.0. The summed E-state index contributed by atoms with van der Waals surface area (Å²) >= 11 is 0. The van der Waals surface area contributed by atoms with Gasteiger partial charge in [0.1, 0.15) is 0 Å². The summed E-state index contributed by atoms with van der Waals surface area (Å²) in [5.41, 5.74) is 7.81. The van der Waals surface area contributed by atoms with Crippen molar-refractivity contribution in [2.75, 3.05) is 26.2 Å². The molecular formula is C19H27N3O2. The predicted molar refractivity (Wildman–Crippen MR) is 93.2 cm³/mol. The second-order valence-electron chi connectivity index (χ2n) is 7.06. The molecule has 2 saturated heterocycles. The first-order chi connectivity index (χ1) is 11.6. The number of hydrogen-bond acceptors (Lipinski definition) is 3. The zero-order chi connectivity index (χ0) is 17.1. The van der Waals surface area contributed by atoms with Crippen LogP contribution >= 0.6 is 0 Å². The fourth-order valence-electron chi connectivity index (χ4n) is 4.11. The Hall–Kier alpha value is -1.88. The van der Waals surface area contributed by atoms with E-state index in [1.807, 2.05) is 0 Å². The van der Waals surface area contributed by atoms with Crippen LogP contribution in [0.15, 0.2) is 24.3 Å². The molecular weight excluding hydrogens is 302 g/mol. The monoisotopic (exact) mass is 329 g/mol. The van der Waals surface area contributed by atoms with E-state index in [-0.39, 0.29) is 17.9 Å². The van der Waals surface area contributed by atoms with Gasteiger partial charge in [-0.2, -0.15) is 0 Å². The van der Waals surface area contributed by atoms with Crippen LogP contribution in [0.25, 0.3) is 0 Å². The quantitative estimate of drug-likeness (QED) is 0.917. The molecule has 1 aromatic rings. The number of primary amides is 1. The van der Waals surface area contributed by atoms with Gasteiger partial charge in [0.05, 0.1) is 12.6 Å². The topological polar surface area (TPSA) is 66.6 Å². The smallest absolute Gasteiger partial charge is 0.231 e. The van der Waals surface area contributed by atoms with E-state index in [9.17, 15) is 9.59 Å². The molecule has 5 heteroatoms. The van der Waals surface area contributed by atoms with Crippen molar-refractivity contribution >= 4 is 11.8 Å². The minimum absolute atomic E-state index is 0.0822. The lowest BCUT2D eigenvalue weighted by atomic mass is 9.93. The summed E-state index contributed by atoms with van der Waals surface area (Å²) in [6.07, 6.45) is 3.77. The Balaban J connectivity index is 1.64. The van der Waals surface area contributed by atoms with E-state index >= 15 is 0 Å². The third kappa shape index (κ3) is 3.61. The molecule has 3 rings (SSSR count). The van der Waals surface area contributed by atoms with Crippen LogP contribution in [0.3, 0.4) is 0 Å². The van der Waals surface area contributed by atoms with Gasteiger partial charge in [-0.3, -0.25) is 14.5 Å². The van der Waals surface area contributed by atoms with Gasteiger partial charge in [-0.15, -0.1) is 0 Å². The zero-order valence-corrected chi connectivity index (χ0v) is 14.4. The summed E-state index contributed by atoms with van der Waals surface area (Å²) in [6.45, 7) is 4.85. The van der Waals surface area contributed by atoms with Gasteiger partial charge in [0, 0.05) is 12.5 Å². The lowest BCUT2D eigenvalue weighted by Crippen LogP contribution is -2.44. The Morgan fingerprint density at radius 2 is 1.83 bits per heavy atom. The average molecular weight is 329 g/mol. The SMILES string of the molecule is Cc1ccccc1C1CCCN1C(=O)C1CCN(CC(N)=O)CC1. The van der Waals surface area contributed by atoms with Crippen LogP contribution in [0.5, 0.6) is 0 Å². The Bertz CT molecular complexity index is 608. The van der Waals surface area contributed by atoms with Crippen LogP contribution in [-0.2, 0) is 9.59 Å². The Morgan fingerprint density at radius 3 is 2.50 bits per heavy atom. The molecule has 0 aliphatic carbocycles. The number of aryl methyl sites for hydroxylation is 1. The van der Waals surface area contributed by atoms with E-state index in [0.717, 1.165) is 45.3 Å². The molecule has 2 fully saturated rings. The van der Waals surface area contributed by atoms with Crippen LogP contribution in [0.2, 0.25) is 0 Å². The number of benzene rings is 1. The maximum Gasteiger partial charge on any atom is 0.231 e. The third-order valence-corrected chi connectivity index (χ3v) is 5.40. The Kier molecular flexibility index (Phi) is 5.19. The van der Waals surface area contributed by atoms with Crippen molar-refractivity contribution in [2.24, 2.45) is 11.7 Å². The highest BCUT2D eigenvalue weighted by atomic mass is 16.2. The average Bonchev–Trinajstić information content (AvgIpc) is 3.04. The number of amides is 2. The van der Waals surface area contributed by atoms with Gasteiger partial charge in [-0.05, 0) is 56.8 Å². The van der Waals surface area contributed by atoms with Gasteiger partial charge in [0.2, 0.25) is 11.8 Å². The molecule has 1 aromatic carbocycles. The van der Waals surface area contributed by atoms with Crippen LogP contribution in [0.4, 0.5) is 0 Å². The second-order valence-corrected chi connectivity index (χ2v) is 7.06. The predicted octanol–water partition coefficient (Wildman–Crippen LogP) is 1.86. The van der Waals surface area contributed by atoms with E-state index in [2.05, 4.69) is 41.0 Å². The largest absolute Gasteiger partial charge is 0.369 e. The standard InChI is InChI=1S/C19H27N3O2/c1-14-5-2-3-6-16(14)17-7-4-10-22(17)19(24)15-8-11-21(12-9-15)13-18(20)23/h2-3,5-6,15,17H,4,7-13H2,1H3,(H2,20,23). The fourth-order valence-corrected chi connectivity index (χ4v) is 4.11. The number of rotatable bonds is 4. The van der Waals surface area contributed by atoms with Crippen LogP contribution < -0.4 is 5.73 Å². The number of piperidine rings is 1. The highest BCUT2D eigenvalue weighted by molar-refractivity contribution is 5.80. The van der Waals surface area contributed by atoms with Crippen molar-refractivity contribution in [3.63, 3.8) is 0 Å². The highest BCUT2D eigenvalue weighted by Crippen LogP contribution is 2.35. The molecule has 0 aromatic heterocycles. The summed E-state index contributed by atoms with van der Waals surface area (Å²) in [5, 5.41) is 0. The second kappa shape index (κ2) is 7.34. The molecule has 2 aliphatic heterocycles. The first-order valence-corrected chi connectivity index (χ1v) is 8.93. The van der Waals surface area contributed by atoms with E-state index in [1.54, 1.807) is 0 Å². The summed E-state index contributed by atoms with van der Waals surface area (Å²) in [4.78, 5) is 28.2. The van der Waals surface area contributed by atoms with Gasteiger partial charge >= 0.3 is 0 Å². The number of hydrogen-bond donors (Lipinski definition) is 1. The van der Waals surface area contributed by atoms with E-state index < -0.39 is 0 Å². The molecule has 2 amide bonds. The van der Waals surface area contributed by atoms with Gasteiger partial charge < -0.3 is 10.6 Å². The molecule has 0 radical (unpaired) electrons. The molecule has 0 saturated carbocycles. The van der Waals surface area contributed by atoms with Gasteiger partial charge in [-0.1, -0.05) is 24.3 Å². The van der Waals surface area contributed by atoms with Gasteiger partial charge in [0.15, 0.2) is 0 Å². The molecule has 1 unspecified atom stereocenters. The summed E-state index contributed by atoms with van der Waals surface area (Å²) in [7, 11) is 0. The molecule has 24 heavy (non-hydrogen) atoms. The summed E-state index contributed by atoms with van der Waals surface area (Å²) in [5.74, 6) is 0.0807. The first kappa shape index (κ1) is 17.0. The maximum atomic E-state index is 13.0. The Morgan fingerprint density at radius 1 is 1.12 bits per heavy atom. The number of carbonyl (C=O) groups is 2. The van der Waals surface area contributed by atoms with E-state index in [0.29, 0.717) is 12.5 Å². The number of nitrogens with zero attached hydrogens (tertiary/aromatic N) is 2. The first-order valence-electron chi connectivity index (χ1n) is 8.93. The van der Waals surface area contributed by atoms with Crippen molar-refractivity contribution in [1.29, 1.82) is 0 Å². The van der Waals surface area contributed by atoms with Crippen molar-refractivity contribution in [3.8, 4) is 0 Å². The van der Waals surface area contributed by atoms with Crippen LogP contribution in [-0.4, -0.2) is 47.8 Å². The minimum Gasteiger partial charge on any atom is -0.369 e. The molecule has 5 nitrogen and oxygen atoms in total. The fraction of sp³-hybridized carbons (Fsp3) is 0.579. The molecule has 2 N–H and O–H groups in total. The van der Waals surface area contributed by atoms with Crippen molar-refractivity contribution < 1.29 is 9.59 Å². The molecule has 2 aliphatic rings. The molecule has 0 bridgehead atoms.